The number of nitrogens with one attached hydrogen (secondary N) is 3. The van der Waals surface area contributed by atoms with Crippen molar-refractivity contribution in [3.63, 3.8) is 0 Å². The number of nitrogens with zero attached hydrogens (tertiary/aromatic N) is 2. The molecule has 3 aromatic rings. The number of aromatic nitrogens is 1. The zero-order valence-electron chi connectivity index (χ0n) is 20.9. The summed E-state index contributed by atoms with van der Waals surface area (Å²) in [6.07, 6.45) is -0.846. The number of amides is 2. The van der Waals surface area contributed by atoms with Gasteiger partial charge in [-0.3, -0.25) is 9.59 Å². The molecule has 1 unspecified atom stereocenters. The third-order valence-electron chi connectivity index (χ3n) is 5.43. The number of carbonyl (C=O) groups is 2. The van der Waals surface area contributed by atoms with Crippen LogP contribution in [0.2, 0.25) is 0 Å². The van der Waals surface area contributed by atoms with Gasteiger partial charge in [-0.2, -0.15) is 13.2 Å². The number of carbonyl (C=O) groups excluding carboxylic acids is 2. The number of alkyl halides is 3. The van der Waals surface area contributed by atoms with E-state index < -0.39 is 23.7 Å². The van der Waals surface area contributed by atoms with Crippen molar-refractivity contribution in [1.29, 1.82) is 0 Å². The lowest BCUT2D eigenvalue weighted by molar-refractivity contribution is -0.137. The second-order valence-electron chi connectivity index (χ2n) is 8.69. The molecule has 1 atom stereocenters. The van der Waals surface area contributed by atoms with Gasteiger partial charge in [0.05, 0.1) is 16.9 Å². The third kappa shape index (κ3) is 8.43. The molecule has 2 aromatic carbocycles. The normalized spacial score (nSPS) is 12.5. The lowest BCUT2D eigenvalue weighted by atomic mass is 10.0. The molecule has 0 aliphatic rings. The van der Waals surface area contributed by atoms with Gasteiger partial charge in [0.25, 0.3) is 0 Å². The van der Waals surface area contributed by atoms with Gasteiger partial charge in [-0.15, -0.1) is 0 Å². The Bertz CT molecular complexity index is 1260. The maximum atomic E-state index is 13.0. The molecule has 0 saturated carbocycles. The lowest BCUT2D eigenvalue weighted by Gasteiger charge is -2.20. The fourth-order valence-electron chi connectivity index (χ4n) is 3.39. The van der Waals surface area contributed by atoms with Gasteiger partial charge in [-0.05, 0) is 55.6 Å². The zero-order chi connectivity index (χ0) is 27.7. The lowest BCUT2D eigenvalue weighted by Crippen LogP contribution is -2.37. The Morgan fingerprint density at radius 1 is 1.03 bits per heavy atom. The van der Waals surface area contributed by atoms with E-state index in [9.17, 15) is 22.8 Å². The minimum Gasteiger partial charge on any atom is -0.397 e. The summed E-state index contributed by atoms with van der Waals surface area (Å²) < 4.78 is 38.4. The summed E-state index contributed by atoms with van der Waals surface area (Å²) in [6.45, 7) is 1.14. The molecule has 11 heteroatoms. The quantitative estimate of drug-likeness (QED) is 0.233. The molecule has 0 fully saturated rings. The number of anilines is 3. The molecule has 5 N–H and O–H groups in total. The Balaban J connectivity index is 1.70. The van der Waals surface area contributed by atoms with Crippen LogP contribution in [-0.4, -0.2) is 48.9 Å². The molecule has 200 valence electrons. The van der Waals surface area contributed by atoms with Gasteiger partial charge in [0, 0.05) is 25.4 Å². The highest BCUT2D eigenvalue weighted by Gasteiger charge is 2.31. The highest BCUT2D eigenvalue weighted by molar-refractivity contribution is 6.03. The third-order valence-corrected chi connectivity index (χ3v) is 5.43. The predicted octanol–water partition coefficient (Wildman–Crippen LogP) is 4.17. The van der Waals surface area contributed by atoms with E-state index in [2.05, 4.69) is 20.9 Å². The van der Waals surface area contributed by atoms with Gasteiger partial charge < -0.3 is 26.6 Å². The zero-order valence-corrected chi connectivity index (χ0v) is 20.9. The Morgan fingerprint density at radius 2 is 1.74 bits per heavy atom. The number of hydrogen-bond acceptors (Lipinski definition) is 6. The average molecular weight is 527 g/mol. The molecule has 0 saturated heterocycles. The van der Waals surface area contributed by atoms with E-state index in [-0.39, 0.29) is 11.7 Å². The highest BCUT2D eigenvalue weighted by atomic mass is 19.4. The maximum Gasteiger partial charge on any atom is 0.417 e. The molecule has 0 radical (unpaired) electrons. The van der Waals surface area contributed by atoms with E-state index in [1.165, 1.54) is 6.08 Å². The number of nitrogens with two attached hydrogens (primary N) is 1. The van der Waals surface area contributed by atoms with Gasteiger partial charge >= 0.3 is 6.18 Å². The number of rotatable bonds is 10. The minimum atomic E-state index is -4.52. The summed E-state index contributed by atoms with van der Waals surface area (Å²) in [6, 6.07) is 15.1. The van der Waals surface area contributed by atoms with E-state index in [4.69, 9.17) is 5.73 Å². The molecule has 38 heavy (non-hydrogen) atoms. The summed E-state index contributed by atoms with van der Waals surface area (Å²) in [5, 5.41) is 8.45. The van der Waals surface area contributed by atoms with Crippen LogP contribution in [0.1, 0.15) is 22.7 Å². The monoisotopic (exact) mass is 526 g/mol. The second kappa shape index (κ2) is 12.8. The molecule has 0 bridgehead atoms. The summed E-state index contributed by atoms with van der Waals surface area (Å²) in [7, 11) is 3.79. The van der Waals surface area contributed by atoms with Crippen LogP contribution >= 0.6 is 0 Å². The van der Waals surface area contributed by atoms with E-state index >= 15 is 0 Å². The molecule has 1 heterocycles. The number of likely N-dealkylation sites (N-methyl/N-ethyl adjacent to an activating group) is 1. The topological polar surface area (TPSA) is 112 Å². The van der Waals surface area contributed by atoms with Gasteiger partial charge in [0.2, 0.25) is 11.8 Å². The van der Waals surface area contributed by atoms with E-state index in [0.29, 0.717) is 36.2 Å². The van der Waals surface area contributed by atoms with Crippen LogP contribution in [0.3, 0.4) is 0 Å². The van der Waals surface area contributed by atoms with Crippen molar-refractivity contribution in [3.05, 3.63) is 89.6 Å². The fourth-order valence-corrected chi connectivity index (χ4v) is 3.39. The van der Waals surface area contributed by atoms with Crippen LogP contribution < -0.4 is 21.7 Å². The molecule has 0 aliphatic carbocycles. The van der Waals surface area contributed by atoms with Crippen LogP contribution in [0.25, 0.3) is 6.08 Å². The van der Waals surface area contributed by atoms with Crippen molar-refractivity contribution >= 4 is 35.1 Å². The number of para-hydroxylation sites is 2. The highest BCUT2D eigenvalue weighted by Crippen LogP contribution is 2.29. The Labute approximate surface area is 218 Å². The molecule has 3 rings (SSSR count). The number of hydrogen-bond donors (Lipinski definition) is 4. The number of halogens is 3. The van der Waals surface area contributed by atoms with Crippen molar-refractivity contribution in [3.8, 4) is 0 Å². The van der Waals surface area contributed by atoms with E-state index in [0.717, 1.165) is 17.7 Å². The molecule has 0 aliphatic heterocycles. The second-order valence-corrected chi connectivity index (χ2v) is 8.69. The standard InChI is InChI=1S/C27H29F3N6O2/c1-36(2)16-15-32-25(26(38)35-23-13-12-20(17-33-23)27(28,29)30)19-10-7-18(8-11-19)9-14-24(37)34-22-6-4-3-5-21(22)31/h3-14,17,25,32H,15-16,31H2,1-2H3,(H,34,37)(H,33,35,38)/b14-9+. The van der Waals surface area contributed by atoms with Crippen LogP contribution in [0.4, 0.5) is 30.4 Å². The van der Waals surface area contributed by atoms with Crippen LogP contribution in [0.5, 0.6) is 0 Å². The molecular formula is C27H29F3N6O2. The molecule has 8 nitrogen and oxygen atoms in total. The first kappa shape index (κ1) is 28.4. The van der Waals surface area contributed by atoms with Crippen molar-refractivity contribution < 1.29 is 22.8 Å². The summed E-state index contributed by atoms with van der Waals surface area (Å²) in [5.41, 5.74) is 7.26. The molecule has 1 aromatic heterocycles. The number of pyridine rings is 1. The summed E-state index contributed by atoms with van der Waals surface area (Å²) in [4.78, 5) is 30.9. The van der Waals surface area contributed by atoms with Gasteiger partial charge in [-0.25, -0.2) is 4.98 Å². The first-order chi connectivity index (χ1) is 18.0. The van der Waals surface area contributed by atoms with Crippen LogP contribution in [0.15, 0.2) is 72.9 Å². The van der Waals surface area contributed by atoms with Gasteiger partial charge in [0.15, 0.2) is 0 Å². The van der Waals surface area contributed by atoms with Crippen molar-refractivity contribution in [2.24, 2.45) is 0 Å². The smallest absolute Gasteiger partial charge is 0.397 e. The summed E-state index contributed by atoms with van der Waals surface area (Å²) in [5.74, 6) is -0.815. The Kier molecular flexibility index (Phi) is 9.58. The van der Waals surface area contributed by atoms with Crippen molar-refractivity contribution in [1.82, 2.24) is 15.2 Å². The molecular weight excluding hydrogens is 497 g/mol. The van der Waals surface area contributed by atoms with E-state index in [1.807, 2.05) is 19.0 Å². The predicted molar refractivity (Wildman–Crippen MR) is 142 cm³/mol. The summed E-state index contributed by atoms with van der Waals surface area (Å²) >= 11 is 0. The Morgan fingerprint density at radius 3 is 2.34 bits per heavy atom. The van der Waals surface area contributed by atoms with E-state index in [1.54, 1.807) is 54.6 Å². The SMILES string of the molecule is CN(C)CCNC(C(=O)Nc1ccc(C(F)(F)F)cn1)c1ccc(/C=C/C(=O)Nc2ccccc2N)cc1. The van der Waals surface area contributed by atoms with Crippen molar-refractivity contribution in [2.45, 2.75) is 12.2 Å². The minimum absolute atomic E-state index is 0.00651. The van der Waals surface area contributed by atoms with Gasteiger partial charge in [0.1, 0.15) is 11.9 Å². The molecule has 2 amide bonds. The fraction of sp³-hybridized carbons (Fsp3) is 0.222. The van der Waals surface area contributed by atoms with Crippen LogP contribution in [-0.2, 0) is 15.8 Å². The van der Waals surface area contributed by atoms with Crippen LogP contribution in [0, 0.1) is 0 Å². The average Bonchev–Trinajstić information content (AvgIpc) is 2.87. The largest absolute Gasteiger partial charge is 0.417 e. The number of nitrogen functional groups attached to an aromatic ring is 1. The molecule has 0 spiro atoms. The first-order valence-corrected chi connectivity index (χ1v) is 11.7. The maximum absolute atomic E-state index is 13.0. The first-order valence-electron chi connectivity index (χ1n) is 11.7. The Hall–Kier alpha value is -4.22. The number of benzene rings is 2. The van der Waals surface area contributed by atoms with Gasteiger partial charge in [-0.1, -0.05) is 36.4 Å². The van der Waals surface area contributed by atoms with Crippen molar-refractivity contribution in [2.75, 3.05) is 43.6 Å².